The molecule has 0 bridgehead atoms. The van der Waals surface area contributed by atoms with E-state index in [1.165, 1.54) is 6.07 Å². The first-order valence-corrected chi connectivity index (χ1v) is 6.50. The van der Waals surface area contributed by atoms with Gasteiger partial charge in [0.2, 0.25) is 0 Å². The molecule has 1 heterocycles. The van der Waals surface area contributed by atoms with Crippen LogP contribution in [0.3, 0.4) is 0 Å². The average Bonchev–Trinajstić information content (AvgIpc) is 2.71. The monoisotopic (exact) mass is 264 g/mol. The van der Waals surface area contributed by atoms with Gasteiger partial charge in [0, 0.05) is 0 Å². The number of hydrogen-bond acceptors (Lipinski definition) is 4. The van der Waals surface area contributed by atoms with E-state index in [1.54, 1.807) is 41.8 Å². The molecule has 0 radical (unpaired) electrons. The summed E-state index contributed by atoms with van der Waals surface area (Å²) in [7, 11) is -3.65. The van der Waals surface area contributed by atoms with E-state index in [2.05, 4.69) is 0 Å². The molecule has 0 fully saturated rings. The van der Waals surface area contributed by atoms with Crippen LogP contribution < -0.4 is 33.7 Å². The number of hydrogen-bond donors (Lipinski definition) is 0. The summed E-state index contributed by atoms with van der Waals surface area (Å²) in [5.74, 6) is 0.325. The number of para-hydroxylation sites is 1. The van der Waals surface area contributed by atoms with Crippen molar-refractivity contribution in [3.8, 4) is 5.75 Å². The Labute approximate surface area is 122 Å². The Morgan fingerprint density at radius 1 is 1.06 bits per heavy atom. The molecule has 1 aromatic carbocycles. The Hall–Kier alpha value is -0.330. The molecule has 0 aliphatic rings. The maximum atomic E-state index is 11.7. The first-order chi connectivity index (χ1) is 7.18. The normalized spacial score (nSPS) is 10.5. The van der Waals surface area contributed by atoms with E-state index < -0.39 is 10.1 Å². The predicted octanol–water partition coefficient (Wildman–Crippen LogP) is -0.368. The molecule has 0 aliphatic heterocycles. The molecule has 0 spiro atoms. The van der Waals surface area contributed by atoms with Crippen molar-refractivity contribution in [2.75, 3.05) is 0 Å². The zero-order chi connectivity index (χ0) is 10.7. The van der Waals surface area contributed by atoms with E-state index in [0.717, 1.165) is 11.3 Å². The molecular weight excluding hydrogens is 255 g/mol. The van der Waals surface area contributed by atoms with Crippen LogP contribution in [0.2, 0.25) is 0 Å². The van der Waals surface area contributed by atoms with Crippen LogP contribution in [0.1, 0.15) is 1.43 Å². The van der Waals surface area contributed by atoms with Gasteiger partial charge in [0.05, 0.1) is 0 Å². The van der Waals surface area contributed by atoms with Crippen molar-refractivity contribution in [3.63, 3.8) is 0 Å². The van der Waals surface area contributed by atoms with Crippen molar-refractivity contribution in [2.45, 2.75) is 4.21 Å². The minimum atomic E-state index is -3.65. The predicted molar refractivity (Wildman–Crippen MR) is 59.7 cm³/mol. The first kappa shape index (κ1) is 13.7. The molecule has 80 valence electrons. The first-order valence-electron chi connectivity index (χ1n) is 4.21. The fourth-order valence-electron chi connectivity index (χ4n) is 1.05. The van der Waals surface area contributed by atoms with Gasteiger partial charge in [-0.25, -0.2) is 0 Å². The van der Waals surface area contributed by atoms with Crippen LogP contribution in [-0.2, 0) is 10.1 Å². The molecule has 3 nitrogen and oxygen atoms in total. The summed E-state index contributed by atoms with van der Waals surface area (Å²) in [6.07, 6.45) is 0. The van der Waals surface area contributed by atoms with Gasteiger partial charge in [-0.15, -0.1) is 11.3 Å². The van der Waals surface area contributed by atoms with Crippen molar-refractivity contribution < 1.29 is 43.6 Å². The molecule has 16 heavy (non-hydrogen) atoms. The van der Waals surface area contributed by atoms with Crippen LogP contribution in [0.5, 0.6) is 5.75 Å². The molecule has 0 aliphatic carbocycles. The molecule has 0 unspecified atom stereocenters. The maximum Gasteiger partial charge on any atom is 1.00 e. The number of thiophene rings is 1. The smallest absolute Gasteiger partial charge is 1.00 e. The molecule has 0 N–H and O–H groups in total. The van der Waals surface area contributed by atoms with Crippen molar-refractivity contribution in [1.29, 1.82) is 0 Å². The summed E-state index contributed by atoms with van der Waals surface area (Å²) < 4.78 is 28.4. The topological polar surface area (TPSA) is 43.4 Å². The Bertz CT molecular complexity index is 526. The zero-order valence-electron chi connectivity index (χ0n) is 9.66. The third-order valence-corrected chi connectivity index (χ3v) is 4.29. The van der Waals surface area contributed by atoms with Crippen LogP contribution in [-0.4, -0.2) is 8.42 Å². The Kier molecular flexibility index (Phi) is 5.01. The van der Waals surface area contributed by atoms with Crippen molar-refractivity contribution in [3.05, 3.63) is 47.8 Å². The standard InChI is InChI=1S/C10H8O3S2.Na.H/c11-15(12,10-7-4-8-14-10)13-9-5-2-1-3-6-9;;/h1-8H;;/q;+1;-1. The summed E-state index contributed by atoms with van der Waals surface area (Å²) in [5, 5.41) is 1.70. The van der Waals surface area contributed by atoms with Crippen molar-refractivity contribution >= 4 is 21.5 Å². The van der Waals surface area contributed by atoms with E-state index >= 15 is 0 Å². The van der Waals surface area contributed by atoms with Gasteiger partial charge < -0.3 is 5.61 Å². The maximum absolute atomic E-state index is 11.7. The fraction of sp³-hybridized carbons (Fsp3) is 0. The summed E-state index contributed by atoms with van der Waals surface area (Å²) in [6, 6.07) is 11.6. The average molecular weight is 264 g/mol. The minimum absolute atomic E-state index is 0. The van der Waals surface area contributed by atoms with Gasteiger partial charge >= 0.3 is 39.7 Å². The van der Waals surface area contributed by atoms with Gasteiger partial charge in [-0.1, -0.05) is 24.3 Å². The molecule has 0 amide bonds. The van der Waals surface area contributed by atoms with Crippen LogP contribution in [0.4, 0.5) is 0 Å². The van der Waals surface area contributed by atoms with Crippen LogP contribution in [0.15, 0.2) is 52.1 Å². The largest absolute Gasteiger partial charge is 1.00 e. The summed E-state index contributed by atoms with van der Waals surface area (Å²) >= 11 is 1.14. The Morgan fingerprint density at radius 2 is 1.75 bits per heavy atom. The number of benzene rings is 1. The Balaban J connectivity index is 0.00000128. The number of rotatable bonds is 3. The Morgan fingerprint density at radius 3 is 2.31 bits per heavy atom. The van der Waals surface area contributed by atoms with E-state index in [9.17, 15) is 8.42 Å². The summed E-state index contributed by atoms with van der Waals surface area (Å²) in [4.78, 5) is 0. The van der Waals surface area contributed by atoms with E-state index in [1.807, 2.05) is 0 Å². The molecular formula is C10H9NaO3S2. The van der Waals surface area contributed by atoms with Crippen molar-refractivity contribution in [2.24, 2.45) is 0 Å². The van der Waals surface area contributed by atoms with Crippen LogP contribution >= 0.6 is 11.3 Å². The van der Waals surface area contributed by atoms with Gasteiger partial charge in [-0.05, 0) is 23.6 Å². The summed E-state index contributed by atoms with van der Waals surface area (Å²) in [5.41, 5.74) is 0. The molecule has 2 rings (SSSR count). The van der Waals surface area contributed by atoms with E-state index in [-0.39, 0.29) is 35.2 Å². The quantitative estimate of drug-likeness (QED) is 0.561. The molecule has 0 saturated heterocycles. The van der Waals surface area contributed by atoms with Gasteiger partial charge in [0.25, 0.3) is 0 Å². The minimum Gasteiger partial charge on any atom is -1.00 e. The van der Waals surface area contributed by atoms with Gasteiger partial charge in [-0.2, -0.15) is 8.42 Å². The molecule has 1 aromatic heterocycles. The molecule has 0 atom stereocenters. The van der Waals surface area contributed by atoms with Crippen LogP contribution in [0, 0.1) is 0 Å². The fourth-order valence-corrected chi connectivity index (χ4v) is 2.93. The molecule has 2 aromatic rings. The van der Waals surface area contributed by atoms with Gasteiger partial charge in [0.1, 0.15) is 5.75 Å². The molecule has 6 heteroatoms. The molecule has 0 saturated carbocycles. The second-order valence-corrected chi connectivity index (χ2v) is 5.50. The third-order valence-electron chi connectivity index (χ3n) is 1.69. The van der Waals surface area contributed by atoms with Crippen molar-refractivity contribution in [1.82, 2.24) is 0 Å². The second kappa shape index (κ2) is 5.84. The SMILES string of the molecule is O=S(=O)(Oc1ccccc1)c1cccs1.[H-].[Na+]. The van der Waals surface area contributed by atoms with E-state index in [0.29, 0.717) is 5.75 Å². The second-order valence-electron chi connectivity index (χ2n) is 2.78. The van der Waals surface area contributed by atoms with Gasteiger partial charge in [0.15, 0.2) is 4.21 Å². The van der Waals surface area contributed by atoms with Gasteiger partial charge in [-0.3, -0.25) is 0 Å². The zero-order valence-corrected chi connectivity index (χ0v) is 12.3. The third kappa shape index (κ3) is 3.33. The van der Waals surface area contributed by atoms with Crippen LogP contribution in [0.25, 0.3) is 0 Å². The summed E-state index contributed by atoms with van der Waals surface area (Å²) in [6.45, 7) is 0. The van der Waals surface area contributed by atoms with E-state index in [4.69, 9.17) is 4.18 Å².